The Morgan fingerprint density at radius 1 is 0.765 bits per heavy atom. The first-order valence-electron chi connectivity index (χ1n) is 12.0. The number of benzene rings is 2. The molecule has 0 spiro atoms. The number of fused-ring (bicyclic) bond motifs is 1. The molecule has 0 unspecified atom stereocenters. The highest BCUT2D eigenvalue weighted by Gasteiger charge is 2.49. The molecule has 0 saturated carbocycles. The van der Waals surface area contributed by atoms with Crippen LogP contribution in [0.25, 0.3) is 0 Å². The molecule has 0 aliphatic carbocycles. The Morgan fingerprint density at radius 2 is 1.24 bits per heavy atom. The number of pyridine rings is 1. The number of esters is 1. The van der Waals surface area contributed by atoms with E-state index in [9.17, 15) is 4.79 Å². The van der Waals surface area contributed by atoms with Crippen molar-refractivity contribution in [1.82, 2.24) is 4.98 Å². The van der Waals surface area contributed by atoms with E-state index in [1.165, 1.54) is 0 Å². The normalized spacial score (nSPS) is 13.9. The third kappa shape index (κ3) is 3.87. The Balaban J connectivity index is 1.88. The summed E-state index contributed by atoms with van der Waals surface area (Å²) in [7, 11) is 1.54. The number of hydrogen-bond donors (Lipinski definition) is 0. The summed E-state index contributed by atoms with van der Waals surface area (Å²) in [5.74, 6) is -0.0604. The molecule has 1 aromatic heterocycles. The molecule has 0 saturated heterocycles. The zero-order valence-electron chi connectivity index (χ0n) is 20.7. The van der Waals surface area contributed by atoms with Crippen LogP contribution in [0.5, 0.6) is 5.88 Å². The van der Waals surface area contributed by atoms with Crippen molar-refractivity contribution in [2.75, 3.05) is 43.1 Å². The van der Waals surface area contributed by atoms with Crippen molar-refractivity contribution in [1.29, 1.82) is 0 Å². The van der Waals surface area contributed by atoms with Crippen LogP contribution in [0.4, 0.5) is 11.4 Å². The van der Waals surface area contributed by atoms with Crippen molar-refractivity contribution in [2.24, 2.45) is 0 Å². The lowest BCUT2D eigenvalue weighted by Crippen LogP contribution is -2.30. The molecule has 0 amide bonds. The average molecular weight is 460 g/mol. The lowest BCUT2D eigenvalue weighted by molar-refractivity contribution is 0.0248. The van der Waals surface area contributed by atoms with Gasteiger partial charge in [0.05, 0.1) is 7.11 Å². The number of cyclic esters (lactones) is 1. The van der Waals surface area contributed by atoms with Crippen LogP contribution in [-0.4, -0.2) is 44.2 Å². The summed E-state index contributed by atoms with van der Waals surface area (Å²) in [5.41, 5.74) is 3.99. The highest BCUT2D eigenvalue weighted by molar-refractivity contribution is 5.94. The molecule has 0 fully saturated rings. The SMILES string of the molecule is CCN(CC)c1ccc(C2(c3ccc(N(CC)CC)cc3)OC(=O)c3nc(OC)ccc32)cc1. The Morgan fingerprint density at radius 3 is 1.65 bits per heavy atom. The van der Waals surface area contributed by atoms with E-state index in [1.54, 1.807) is 13.2 Å². The van der Waals surface area contributed by atoms with E-state index in [-0.39, 0.29) is 0 Å². The summed E-state index contributed by atoms with van der Waals surface area (Å²) >= 11 is 0. The van der Waals surface area contributed by atoms with Gasteiger partial charge in [0, 0.05) is 60.3 Å². The van der Waals surface area contributed by atoms with Crippen molar-refractivity contribution in [2.45, 2.75) is 33.3 Å². The fraction of sp³-hybridized carbons (Fsp3) is 0.357. The minimum Gasteiger partial charge on any atom is -0.481 e. The third-order valence-electron chi connectivity index (χ3n) is 6.70. The fourth-order valence-corrected chi connectivity index (χ4v) is 4.82. The van der Waals surface area contributed by atoms with Crippen molar-refractivity contribution < 1.29 is 14.3 Å². The number of carbonyl (C=O) groups excluding carboxylic acids is 1. The Kier molecular flexibility index (Phi) is 6.77. The van der Waals surface area contributed by atoms with Gasteiger partial charge in [-0.1, -0.05) is 24.3 Å². The maximum atomic E-state index is 13.1. The van der Waals surface area contributed by atoms with E-state index in [0.29, 0.717) is 11.6 Å². The topological polar surface area (TPSA) is 54.9 Å². The van der Waals surface area contributed by atoms with E-state index < -0.39 is 11.6 Å². The molecule has 1 aliphatic rings. The second kappa shape index (κ2) is 9.75. The number of aromatic nitrogens is 1. The largest absolute Gasteiger partial charge is 0.481 e. The van der Waals surface area contributed by atoms with Gasteiger partial charge >= 0.3 is 5.97 Å². The van der Waals surface area contributed by atoms with Gasteiger partial charge in [0.15, 0.2) is 11.3 Å². The van der Waals surface area contributed by atoms with E-state index >= 15 is 0 Å². The average Bonchev–Trinajstić information content (AvgIpc) is 3.19. The Hall–Kier alpha value is -3.54. The van der Waals surface area contributed by atoms with Gasteiger partial charge in [0.1, 0.15) is 0 Å². The van der Waals surface area contributed by atoms with Crippen LogP contribution in [0.15, 0.2) is 60.7 Å². The molecule has 6 heteroatoms. The van der Waals surface area contributed by atoms with Crippen LogP contribution in [0.1, 0.15) is 54.9 Å². The number of ether oxygens (including phenoxy) is 2. The minimum absolute atomic E-state index is 0.292. The molecule has 34 heavy (non-hydrogen) atoms. The van der Waals surface area contributed by atoms with E-state index in [0.717, 1.165) is 54.2 Å². The fourth-order valence-electron chi connectivity index (χ4n) is 4.82. The number of anilines is 2. The minimum atomic E-state index is -1.07. The predicted octanol–water partition coefficient (Wildman–Crippen LogP) is 5.24. The van der Waals surface area contributed by atoms with Crippen molar-refractivity contribution in [3.63, 3.8) is 0 Å². The summed E-state index contributed by atoms with van der Waals surface area (Å²) in [5, 5.41) is 0. The van der Waals surface area contributed by atoms with Gasteiger partial charge < -0.3 is 19.3 Å². The van der Waals surface area contributed by atoms with Crippen molar-refractivity contribution >= 4 is 17.3 Å². The van der Waals surface area contributed by atoms with Crippen molar-refractivity contribution in [3.8, 4) is 5.88 Å². The van der Waals surface area contributed by atoms with Gasteiger partial charge in [0.2, 0.25) is 5.88 Å². The first-order valence-corrected chi connectivity index (χ1v) is 12.0. The monoisotopic (exact) mass is 459 g/mol. The van der Waals surface area contributed by atoms with Crippen LogP contribution >= 0.6 is 0 Å². The Bertz CT molecular complexity index is 1080. The second-order valence-corrected chi connectivity index (χ2v) is 8.26. The van der Waals surface area contributed by atoms with Gasteiger partial charge in [-0.15, -0.1) is 0 Å². The molecule has 178 valence electrons. The molecule has 6 nitrogen and oxygen atoms in total. The summed E-state index contributed by atoms with van der Waals surface area (Å²) in [6.45, 7) is 12.3. The summed E-state index contributed by atoms with van der Waals surface area (Å²) in [6.07, 6.45) is 0. The summed E-state index contributed by atoms with van der Waals surface area (Å²) in [4.78, 5) is 22.1. The molecule has 0 radical (unpaired) electrons. The molecule has 0 atom stereocenters. The molecular weight excluding hydrogens is 426 g/mol. The quantitative estimate of drug-likeness (QED) is 0.408. The van der Waals surface area contributed by atoms with Gasteiger partial charge in [-0.3, -0.25) is 0 Å². The summed E-state index contributed by atoms with van der Waals surface area (Å²) < 4.78 is 11.5. The number of hydrogen-bond acceptors (Lipinski definition) is 6. The number of methoxy groups -OCH3 is 1. The molecule has 1 aliphatic heterocycles. The maximum absolute atomic E-state index is 13.1. The maximum Gasteiger partial charge on any atom is 0.359 e. The van der Waals surface area contributed by atoms with Crippen molar-refractivity contribution in [3.05, 3.63) is 83.0 Å². The summed E-state index contributed by atoms with van der Waals surface area (Å²) in [6, 6.07) is 20.3. The molecular formula is C28H33N3O3. The zero-order chi connectivity index (χ0) is 24.3. The number of nitrogens with zero attached hydrogens (tertiary/aromatic N) is 3. The first-order chi connectivity index (χ1) is 16.5. The van der Waals surface area contributed by atoms with Crippen LogP contribution in [0, 0.1) is 0 Å². The van der Waals surface area contributed by atoms with E-state index in [4.69, 9.17) is 9.47 Å². The second-order valence-electron chi connectivity index (χ2n) is 8.26. The lowest BCUT2D eigenvalue weighted by atomic mass is 9.80. The molecule has 0 bridgehead atoms. The predicted molar refractivity (Wildman–Crippen MR) is 136 cm³/mol. The van der Waals surface area contributed by atoms with Gasteiger partial charge in [-0.25, -0.2) is 9.78 Å². The molecule has 3 aromatic rings. The first kappa shape index (κ1) is 23.6. The van der Waals surface area contributed by atoms with Gasteiger partial charge in [0.25, 0.3) is 0 Å². The highest BCUT2D eigenvalue weighted by Crippen LogP contribution is 2.47. The zero-order valence-corrected chi connectivity index (χ0v) is 20.7. The van der Waals surface area contributed by atoms with Gasteiger partial charge in [-0.2, -0.15) is 0 Å². The molecule has 2 aromatic carbocycles. The van der Waals surface area contributed by atoms with Crippen LogP contribution in [0.3, 0.4) is 0 Å². The van der Waals surface area contributed by atoms with E-state index in [2.05, 4.69) is 91.0 Å². The molecule has 4 rings (SSSR count). The van der Waals surface area contributed by atoms with Crippen LogP contribution < -0.4 is 14.5 Å². The smallest absolute Gasteiger partial charge is 0.359 e. The third-order valence-corrected chi connectivity index (χ3v) is 6.70. The molecule has 2 heterocycles. The van der Waals surface area contributed by atoms with Gasteiger partial charge in [-0.05, 0) is 58.0 Å². The molecule has 0 N–H and O–H groups in total. The Labute approximate surface area is 202 Å². The van der Waals surface area contributed by atoms with Crippen LogP contribution in [-0.2, 0) is 10.3 Å². The number of rotatable bonds is 9. The highest BCUT2D eigenvalue weighted by atomic mass is 16.6. The standard InChI is InChI=1S/C28H33N3O3/c1-6-30(7-2)22-14-10-20(11-15-22)28(21-12-16-23(17-13-21)31(8-3)9-4)24-18-19-25(33-5)29-26(24)27(32)34-28/h10-19H,6-9H2,1-5H3. The lowest BCUT2D eigenvalue weighted by Gasteiger charge is -2.31. The number of carbonyl (C=O) groups is 1. The van der Waals surface area contributed by atoms with Crippen LogP contribution in [0.2, 0.25) is 0 Å². The van der Waals surface area contributed by atoms with E-state index in [1.807, 2.05) is 6.07 Å².